The summed E-state index contributed by atoms with van der Waals surface area (Å²) < 4.78 is 17.2. The van der Waals surface area contributed by atoms with E-state index in [1.807, 2.05) is 43.3 Å². The number of aliphatic imine (C=N–C) groups is 1. The molecular formula is C25H37IN4O3. The van der Waals surface area contributed by atoms with Gasteiger partial charge >= 0.3 is 0 Å². The minimum Gasteiger partial charge on any atom is -0.494 e. The van der Waals surface area contributed by atoms with E-state index >= 15 is 0 Å². The van der Waals surface area contributed by atoms with E-state index in [-0.39, 0.29) is 24.0 Å². The van der Waals surface area contributed by atoms with E-state index in [0.717, 1.165) is 68.0 Å². The van der Waals surface area contributed by atoms with Crippen LogP contribution in [0.4, 0.5) is 0 Å². The van der Waals surface area contributed by atoms with Crippen LogP contribution in [0.2, 0.25) is 0 Å². The monoisotopic (exact) mass is 568 g/mol. The average Bonchev–Trinajstić information content (AvgIpc) is 2.83. The lowest BCUT2D eigenvalue weighted by molar-refractivity contribution is 0.0322. The third-order valence-electron chi connectivity index (χ3n) is 5.21. The summed E-state index contributed by atoms with van der Waals surface area (Å²) in [5.41, 5.74) is 2.17. The van der Waals surface area contributed by atoms with Gasteiger partial charge in [0.05, 0.1) is 26.4 Å². The molecule has 7 nitrogen and oxygen atoms in total. The zero-order valence-electron chi connectivity index (χ0n) is 19.7. The van der Waals surface area contributed by atoms with Crippen LogP contribution in [0.5, 0.6) is 11.5 Å². The molecule has 0 radical (unpaired) electrons. The highest BCUT2D eigenvalue weighted by atomic mass is 127. The first-order valence-corrected chi connectivity index (χ1v) is 11.5. The molecule has 1 fully saturated rings. The van der Waals surface area contributed by atoms with Gasteiger partial charge in [-0.25, -0.2) is 4.99 Å². The summed E-state index contributed by atoms with van der Waals surface area (Å²) in [6.07, 6.45) is 0. The molecule has 3 rings (SSSR count). The summed E-state index contributed by atoms with van der Waals surface area (Å²) in [6, 6.07) is 16.2. The van der Waals surface area contributed by atoms with Crippen LogP contribution in [0.15, 0.2) is 53.5 Å². The Hall–Kier alpha value is -2.04. The van der Waals surface area contributed by atoms with Gasteiger partial charge in [0.25, 0.3) is 0 Å². The second-order valence-corrected chi connectivity index (χ2v) is 7.50. The maximum absolute atomic E-state index is 6.09. The maximum Gasteiger partial charge on any atom is 0.191 e. The fourth-order valence-electron chi connectivity index (χ4n) is 3.52. The van der Waals surface area contributed by atoms with E-state index in [4.69, 9.17) is 19.2 Å². The second-order valence-electron chi connectivity index (χ2n) is 7.50. The number of hydrogen-bond acceptors (Lipinski definition) is 5. The van der Waals surface area contributed by atoms with Crippen molar-refractivity contribution in [2.24, 2.45) is 4.99 Å². The van der Waals surface area contributed by atoms with Crippen molar-refractivity contribution in [2.75, 3.05) is 52.6 Å². The van der Waals surface area contributed by atoms with Crippen molar-refractivity contribution in [1.82, 2.24) is 15.5 Å². The fourth-order valence-corrected chi connectivity index (χ4v) is 3.52. The highest BCUT2D eigenvalue weighted by molar-refractivity contribution is 14.0. The van der Waals surface area contributed by atoms with Crippen LogP contribution < -0.4 is 20.1 Å². The molecule has 182 valence electrons. The van der Waals surface area contributed by atoms with Crippen molar-refractivity contribution in [3.63, 3.8) is 0 Å². The number of nitrogens with one attached hydrogen (secondary N) is 2. The topological polar surface area (TPSA) is 67.4 Å². The summed E-state index contributed by atoms with van der Waals surface area (Å²) in [4.78, 5) is 7.15. The summed E-state index contributed by atoms with van der Waals surface area (Å²) in [5, 5.41) is 6.73. The Balaban J connectivity index is 0.00000385. The van der Waals surface area contributed by atoms with Gasteiger partial charge in [0.1, 0.15) is 18.1 Å². The zero-order chi connectivity index (χ0) is 22.4. The van der Waals surface area contributed by atoms with E-state index in [9.17, 15) is 0 Å². The van der Waals surface area contributed by atoms with Crippen molar-refractivity contribution in [1.29, 1.82) is 0 Å². The van der Waals surface area contributed by atoms with E-state index in [0.29, 0.717) is 26.3 Å². The van der Waals surface area contributed by atoms with Gasteiger partial charge in [-0.15, -0.1) is 24.0 Å². The predicted molar refractivity (Wildman–Crippen MR) is 144 cm³/mol. The number of para-hydroxylation sites is 2. The van der Waals surface area contributed by atoms with Crippen LogP contribution >= 0.6 is 24.0 Å². The lowest BCUT2D eigenvalue weighted by Gasteiger charge is -2.26. The Morgan fingerprint density at radius 3 is 2.30 bits per heavy atom. The van der Waals surface area contributed by atoms with E-state index in [1.165, 1.54) is 0 Å². The van der Waals surface area contributed by atoms with Gasteiger partial charge < -0.3 is 24.8 Å². The first kappa shape index (κ1) is 27.2. The number of benzene rings is 2. The van der Waals surface area contributed by atoms with E-state index in [1.54, 1.807) is 0 Å². The molecule has 1 aliphatic rings. The Kier molecular flexibility index (Phi) is 13.0. The molecule has 2 aromatic rings. The van der Waals surface area contributed by atoms with Crippen molar-refractivity contribution in [3.05, 3.63) is 59.7 Å². The van der Waals surface area contributed by atoms with Crippen LogP contribution in [0.25, 0.3) is 0 Å². The molecule has 0 atom stereocenters. The molecule has 1 aliphatic heterocycles. The predicted octanol–water partition coefficient (Wildman–Crippen LogP) is 3.67. The standard InChI is InChI=1S/C25H36N4O3.HI/c1-3-26-25(27-19-21-9-5-7-11-23(21)31-4-2)28-20-22-10-6-8-12-24(22)32-18-15-29-13-16-30-17-14-29;/h5-12H,3-4,13-20H2,1-2H3,(H2,26,27,28);1H. The largest absolute Gasteiger partial charge is 0.494 e. The summed E-state index contributed by atoms with van der Waals surface area (Å²) in [5.74, 6) is 2.56. The molecular weight excluding hydrogens is 531 g/mol. The Morgan fingerprint density at radius 2 is 1.61 bits per heavy atom. The number of ether oxygens (including phenoxy) is 3. The van der Waals surface area contributed by atoms with Crippen LogP contribution in [0.3, 0.4) is 0 Å². The molecule has 2 aromatic carbocycles. The van der Waals surface area contributed by atoms with Crippen molar-refractivity contribution in [2.45, 2.75) is 26.9 Å². The number of hydrogen-bond donors (Lipinski definition) is 2. The molecule has 0 spiro atoms. The van der Waals surface area contributed by atoms with E-state index in [2.05, 4.69) is 34.6 Å². The Bertz CT molecular complexity index is 844. The Labute approximate surface area is 214 Å². The normalized spacial score (nSPS) is 14.3. The molecule has 1 heterocycles. The van der Waals surface area contributed by atoms with Gasteiger partial charge in [-0.1, -0.05) is 36.4 Å². The molecule has 1 saturated heterocycles. The minimum absolute atomic E-state index is 0. The highest BCUT2D eigenvalue weighted by Crippen LogP contribution is 2.19. The second kappa shape index (κ2) is 15.7. The Morgan fingerprint density at radius 1 is 0.939 bits per heavy atom. The van der Waals surface area contributed by atoms with Crippen molar-refractivity contribution in [3.8, 4) is 11.5 Å². The van der Waals surface area contributed by atoms with Gasteiger partial charge in [-0.2, -0.15) is 0 Å². The third-order valence-corrected chi connectivity index (χ3v) is 5.21. The number of morpholine rings is 1. The van der Waals surface area contributed by atoms with Gasteiger partial charge in [0, 0.05) is 43.9 Å². The zero-order valence-corrected chi connectivity index (χ0v) is 22.0. The molecule has 0 amide bonds. The molecule has 0 saturated carbocycles. The first-order valence-electron chi connectivity index (χ1n) is 11.5. The summed E-state index contributed by atoms with van der Waals surface area (Å²) in [7, 11) is 0. The fraction of sp³-hybridized carbons (Fsp3) is 0.480. The maximum atomic E-state index is 6.09. The van der Waals surface area contributed by atoms with Crippen LogP contribution in [-0.4, -0.2) is 63.5 Å². The van der Waals surface area contributed by atoms with E-state index < -0.39 is 0 Å². The quantitative estimate of drug-likeness (QED) is 0.245. The molecule has 0 unspecified atom stereocenters. The number of guanidine groups is 1. The lowest BCUT2D eigenvalue weighted by Crippen LogP contribution is -2.38. The average molecular weight is 569 g/mol. The van der Waals surface area contributed by atoms with Crippen LogP contribution in [-0.2, 0) is 17.8 Å². The molecule has 0 bridgehead atoms. The number of rotatable bonds is 11. The number of halogens is 1. The molecule has 0 aromatic heterocycles. The lowest BCUT2D eigenvalue weighted by atomic mass is 10.2. The smallest absolute Gasteiger partial charge is 0.191 e. The summed E-state index contributed by atoms with van der Waals surface area (Å²) in [6.45, 7) is 11.8. The summed E-state index contributed by atoms with van der Waals surface area (Å²) >= 11 is 0. The third kappa shape index (κ3) is 9.38. The van der Waals surface area contributed by atoms with Gasteiger partial charge in [0.2, 0.25) is 0 Å². The van der Waals surface area contributed by atoms with Crippen LogP contribution in [0.1, 0.15) is 25.0 Å². The van der Waals surface area contributed by atoms with Crippen molar-refractivity contribution >= 4 is 29.9 Å². The first-order chi connectivity index (χ1) is 15.8. The molecule has 2 N–H and O–H groups in total. The van der Waals surface area contributed by atoms with Gasteiger partial charge in [-0.3, -0.25) is 4.90 Å². The molecule has 8 heteroatoms. The SMILES string of the molecule is CCNC(=NCc1ccccc1OCCN1CCOCC1)NCc1ccccc1OCC.I. The highest BCUT2D eigenvalue weighted by Gasteiger charge is 2.11. The van der Waals surface area contributed by atoms with Gasteiger partial charge in [-0.05, 0) is 26.0 Å². The molecule has 0 aliphatic carbocycles. The van der Waals surface area contributed by atoms with Gasteiger partial charge in [0.15, 0.2) is 5.96 Å². The van der Waals surface area contributed by atoms with Crippen LogP contribution in [0, 0.1) is 0 Å². The number of nitrogens with zero attached hydrogens (tertiary/aromatic N) is 2. The van der Waals surface area contributed by atoms with Crippen molar-refractivity contribution < 1.29 is 14.2 Å². The minimum atomic E-state index is 0. The molecule has 33 heavy (non-hydrogen) atoms.